The molecule has 2 saturated carbocycles. The van der Waals surface area contributed by atoms with Gasteiger partial charge in [0.25, 0.3) is 0 Å². The van der Waals surface area contributed by atoms with E-state index in [4.69, 9.17) is 47.6 Å². The van der Waals surface area contributed by atoms with E-state index < -0.39 is 0 Å². The van der Waals surface area contributed by atoms with Gasteiger partial charge in [0.15, 0.2) is 0 Å². The number of rotatable bonds is 13. The molecule has 2 aromatic carbocycles. The lowest BCUT2D eigenvalue weighted by Crippen LogP contribution is -2.36. The number of aromatic nitrogens is 4. The van der Waals surface area contributed by atoms with Crippen LogP contribution in [0.1, 0.15) is 49.9 Å². The minimum Gasteiger partial charge on any atom is -0.480 e. The van der Waals surface area contributed by atoms with E-state index in [1.165, 1.54) is 0 Å². The van der Waals surface area contributed by atoms with E-state index >= 15 is 0 Å². The van der Waals surface area contributed by atoms with Crippen LogP contribution >= 0.6 is 23.2 Å². The van der Waals surface area contributed by atoms with E-state index in [0.717, 1.165) is 73.9 Å². The van der Waals surface area contributed by atoms with Gasteiger partial charge in [-0.2, -0.15) is 0 Å². The van der Waals surface area contributed by atoms with E-state index in [0.29, 0.717) is 62.8 Å². The minimum absolute atomic E-state index is 0.132. The zero-order valence-electron chi connectivity index (χ0n) is 26.0. The molecule has 0 bridgehead atoms. The van der Waals surface area contributed by atoms with Crippen molar-refractivity contribution in [2.45, 2.75) is 63.7 Å². The number of aliphatic hydroxyl groups is 2. The lowest BCUT2D eigenvalue weighted by molar-refractivity contribution is 0.0383. The molecule has 3 N–H and O–H groups in total. The van der Waals surface area contributed by atoms with Gasteiger partial charge in [0.05, 0.1) is 60.3 Å². The fraction of sp³-hybridized carbons (Fsp3) is 0.429. The lowest BCUT2D eigenvalue weighted by Gasteiger charge is -2.31. The number of aliphatic hydroxyl groups excluding tert-OH is 2. The predicted molar refractivity (Wildman–Crippen MR) is 179 cm³/mol. The van der Waals surface area contributed by atoms with E-state index in [1.54, 1.807) is 26.6 Å². The smallest absolute Gasteiger partial charge is 0.237 e. The number of methoxy groups -OCH3 is 2. The van der Waals surface area contributed by atoms with Gasteiger partial charge in [-0.15, -0.1) is 0 Å². The van der Waals surface area contributed by atoms with Crippen LogP contribution in [-0.2, 0) is 13.0 Å². The van der Waals surface area contributed by atoms with Crippen molar-refractivity contribution in [2.75, 3.05) is 20.8 Å². The Hall–Kier alpha value is -3.34. The molecule has 0 spiro atoms. The number of ether oxygens (including phenoxy) is 2. The van der Waals surface area contributed by atoms with Gasteiger partial charge in [0, 0.05) is 28.8 Å². The van der Waals surface area contributed by atoms with Gasteiger partial charge in [-0.3, -0.25) is 9.97 Å². The molecule has 2 aromatic heterocycles. The molecule has 2 fully saturated rings. The van der Waals surface area contributed by atoms with Crippen LogP contribution < -0.4 is 14.8 Å². The molecule has 46 heavy (non-hydrogen) atoms. The Morgan fingerprint density at radius 1 is 0.739 bits per heavy atom. The fourth-order valence-corrected chi connectivity index (χ4v) is 6.95. The van der Waals surface area contributed by atoms with Crippen LogP contribution in [-0.4, -0.2) is 63.1 Å². The summed E-state index contributed by atoms with van der Waals surface area (Å²) in [6.45, 7) is 1.33. The summed E-state index contributed by atoms with van der Waals surface area (Å²) >= 11 is 14.1. The summed E-state index contributed by atoms with van der Waals surface area (Å²) in [7, 11) is 3.18. The molecule has 0 atom stereocenters. The summed E-state index contributed by atoms with van der Waals surface area (Å²) in [5, 5.41) is 23.5. The van der Waals surface area contributed by atoms with Crippen molar-refractivity contribution in [2.24, 2.45) is 11.8 Å². The normalized spacial score (nSPS) is 20.6. The Labute approximate surface area is 279 Å². The number of benzene rings is 2. The topological polar surface area (TPSA) is 123 Å². The molecule has 0 unspecified atom stereocenters. The molecule has 6 rings (SSSR count). The summed E-state index contributed by atoms with van der Waals surface area (Å²) in [5.41, 5.74) is 5.63. The third-order valence-corrected chi connectivity index (χ3v) is 9.84. The van der Waals surface area contributed by atoms with Crippen LogP contribution in [0.15, 0.2) is 48.8 Å². The van der Waals surface area contributed by atoms with Gasteiger partial charge in [-0.05, 0) is 63.3 Å². The number of nitrogens with one attached hydrogen (secondary N) is 1. The highest BCUT2D eigenvalue weighted by Gasteiger charge is 2.27. The van der Waals surface area contributed by atoms with Crippen molar-refractivity contribution in [3.05, 3.63) is 70.2 Å². The van der Waals surface area contributed by atoms with Crippen molar-refractivity contribution in [3.63, 3.8) is 0 Å². The van der Waals surface area contributed by atoms with Crippen LogP contribution in [0, 0.1) is 11.8 Å². The zero-order chi connectivity index (χ0) is 32.2. The number of hydrogen-bond acceptors (Lipinski definition) is 9. The van der Waals surface area contributed by atoms with Crippen LogP contribution in [0.3, 0.4) is 0 Å². The molecule has 0 saturated heterocycles. The van der Waals surface area contributed by atoms with Crippen molar-refractivity contribution in [1.82, 2.24) is 25.3 Å². The Morgan fingerprint density at radius 3 is 1.78 bits per heavy atom. The Kier molecular flexibility index (Phi) is 10.4. The van der Waals surface area contributed by atoms with Crippen LogP contribution in [0.5, 0.6) is 11.8 Å². The van der Waals surface area contributed by atoms with Crippen LogP contribution in [0.25, 0.3) is 33.6 Å². The van der Waals surface area contributed by atoms with E-state index in [2.05, 4.69) is 10.3 Å². The predicted octanol–water partition coefficient (Wildman–Crippen LogP) is 6.55. The second-order valence-corrected chi connectivity index (χ2v) is 13.0. The van der Waals surface area contributed by atoms with Crippen molar-refractivity contribution in [3.8, 4) is 45.4 Å². The average Bonchev–Trinajstić information content (AvgIpc) is 3.03. The van der Waals surface area contributed by atoms with Gasteiger partial charge in [-0.1, -0.05) is 59.6 Å². The molecular weight excluding hydrogens is 625 g/mol. The number of halogens is 2. The molecule has 0 radical (unpaired) electrons. The summed E-state index contributed by atoms with van der Waals surface area (Å²) in [5.74, 6) is 1.99. The molecule has 2 aliphatic rings. The maximum Gasteiger partial charge on any atom is 0.237 e. The van der Waals surface area contributed by atoms with Gasteiger partial charge in [-0.25, -0.2) is 9.97 Å². The first kappa shape index (κ1) is 32.6. The minimum atomic E-state index is -0.170. The van der Waals surface area contributed by atoms with Gasteiger partial charge in [0.2, 0.25) is 11.8 Å². The molecule has 4 aromatic rings. The summed E-state index contributed by atoms with van der Waals surface area (Å²) in [4.78, 5) is 18.8. The average molecular weight is 665 g/mol. The van der Waals surface area contributed by atoms with E-state index in [-0.39, 0.29) is 12.2 Å². The molecule has 2 heterocycles. The third kappa shape index (κ3) is 7.14. The second-order valence-electron chi connectivity index (χ2n) is 12.3. The van der Waals surface area contributed by atoms with Crippen LogP contribution in [0.2, 0.25) is 10.0 Å². The van der Waals surface area contributed by atoms with Crippen molar-refractivity contribution in [1.29, 1.82) is 0 Å². The molecular formula is C35H39Cl2N5O4. The Morgan fingerprint density at radius 2 is 1.24 bits per heavy atom. The van der Waals surface area contributed by atoms with Gasteiger partial charge in [0.1, 0.15) is 11.4 Å². The highest BCUT2D eigenvalue weighted by molar-refractivity contribution is 6.39. The summed E-state index contributed by atoms with van der Waals surface area (Å²) in [6.07, 6.45) is 9.37. The quantitative estimate of drug-likeness (QED) is 0.146. The SMILES string of the molecule is COc1nc(-c2cccc(-c3cccc(-c4cnc(CNCC5CC(O)C5)c(OC)n4)c3Cl)c2Cl)cnc1CCCC1CC(O)C1. The van der Waals surface area contributed by atoms with E-state index in [9.17, 15) is 10.2 Å². The van der Waals surface area contributed by atoms with Crippen molar-refractivity contribution >= 4 is 23.2 Å². The van der Waals surface area contributed by atoms with E-state index in [1.807, 2.05) is 36.4 Å². The summed E-state index contributed by atoms with van der Waals surface area (Å²) in [6, 6.07) is 11.5. The largest absolute Gasteiger partial charge is 0.480 e. The van der Waals surface area contributed by atoms with Gasteiger partial charge < -0.3 is 25.0 Å². The van der Waals surface area contributed by atoms with Crippen molar-refractivity contribution < 1.29 is 19.7 Å². The zero-order valence-corrected chi connectivity index (χ0v) is 27.6. The number of aryl methyl sites for hydroxylation is 1. The Balaban J connectivity index is 1.21. The maximum absolute atomic E-state index is 9.55. The fourth-order valence-electron chi connectivity index (χ4n) is 6.31. The van der Waals surface area contributed by atoms with Gasteiger partial charge >= 0.3 is 0 Å². The first-order chi connectivity index (χ1) is 22.3. The molecule has 0 aliphatic heterocycles. The van der Waals surface area contributed by atoms with Crippen LogP contribution in [0.4, 0.5) is 0 Å². The molecule has 242 valence electrons. The number of nitrogens with zero attached hydrogens (tertiary/aromatic N) is 4. The molecule has 9 nitrogen and oxygen atoms in total. The standard InChI is InChI=1S/C35H39Cl2N5O4/c1-45-34-28(11-3-6-20-12-22(43)13-20)39-18-29(41-34)26-9-4-7-24(32(26)36)25-8-5-10-27(33(25)37)30-19-40-31(35(42-30)46-2)17-38-16-21-14-23(44)15-21/h4-5,7-10,18-23,38,43-44H,3,6,11-17H2,1-2H3. The third-order valence-electron chi connectivity index (χ3n) is 9.02. The molecule has 0 amide bonds. The maximum atomic E-state index is 9.55. The first-order valence-electron chi connectivity index (χ1n) is 15.8. The lowest BCUT2D eigenvalue weighted by atomic mass is 9.79. The second kappa shape index (κ2) is 14.6. The number of hydrogen-bond donors (Lipinski definition) is 3. The molecule has 2 aliphatic carbocycles. The Bertz CT molecular complexity index is 1550. The summed E-state index contributed by atoms with van der Waals surface area (Å²) < 4.78 is 11.2. The highest BCUT2D eigenvalue weighted by Crippen LogP contribution is 2.42. The first-order valence-corrected chi connectivity index (χ1v) is 16.5. The monoisotopic (exact) mass is 663 g/mol. The highest BCUT2D eigenvalue weighted by atomic mass is 35.5. The molecule has 11 heteroatoms.